The Morgan fingerprint density at radius 3 is 2.26 bits per heavy atom. The van der Waals surface area contributed by atoms with Gasteiger partial charge in [-0.1, -0.05) is 36.2 Å². The van der Waals surface area contributed by atoms with Crippen LogP contribution in [-0.2, 0) is 26.3 Å². The van der Waals surface area contributed by atoms with Crippen LogP contribution in [0, 0.1) is 5.82 Å². The molecule has 1 atom stereocenters. The van der Waals surface area contributed by atoms with E-state index in [1.54, 1.807) is 19.1 Å². The van der Waals surface area contributed by atoms with Crippen molar-refractivity contribution in [1.82, 2.24) is 14.5 Å². The molecule has 2 aromatic rings. The van der Waals surface area contributed by atoms with Gasteiger partial charge in [-0.05, 0) is 55.3 Å². The van der Waals surface area contributed by atoms with Crippen molar-refractivity contribution in [3.8, 4) is 0 Å². The van der Waals surface area contributed by atoms with E-state index in [1.165, 1.54) is 37.2 Å². The molecule has 35 heavy (non-hydrogen) atoms. The van der Waals surface area contributed by atoms with E-state index in [-0.39, 0.29) is 12.2 Å². The molecule has 0 aliphatic heterocycles. The molecule has 0 heterocycles. The van der Waals surface area contributed by atoms with Crippen LogP contribution in [0.5, 0.6) is 0 Å². The Bertz CT molecular complexity index is 1150. The summed E-state index contributed by atoms with van der Waals surface area (Å²) in [6, 6.07) is 8.56. The zero-order valence-corrected chi connectivity index (χ0v) is 22.3. The van der Waals surface area contributed by atoms with E-state index in [0.717, 1.165) is 20.7 Å². The maximum absolute atomic E-state index is 13.5. The number of anilines is 1. The zero-order valence-electron chi connectivity index (χ0n) is 20.0. The lowest BCUT2D eigenvalue weighted by Gasteiger charge is -2.33. The number of halogens is 3. The molecule has 192 valence electrons. The van der Waals surface area contributed by atoms with Crippen molar-refractivity contribution in [2.75, 3.05) is 31.5 Å². The summed E-state index contributed by atoms with van der Waals surface area (Å²) >= 11 is 12.3. The van der Waals surface area contributed by atoms with Crippen LogP contribution in [-0.4, -0.2) is 62.7 Å². The largest absolute Gasteiger partial charge is 0.354 e. The second-order valence-electron chi connectivity index (χ2n) is 8.00. The number of benzene rings is 2. The number of hydrogen-bond donors (Lipinski definition) is 1. The summed E-state index contributed by atoms with van der Waals surface area (Å²) in [6.07, 6.45) is 0.703. The van der Waals surface area contributed by atoms with Gasteiger partial charge in [-0.2, -0.15) is 12.7 Å². The van der Waals surface area contributed by atoms with Crippen molar-refractivity contribution in [2.45, 2.75) is 32.9 Å². The third-order valence-corrected chi connectivity index (χ3v) is 7.61. The third-order valence-electron chi connectivity index (χ3n) is 5.21. The van der Waals surface area contributed by atoms with E-state index in [1.807, 2.05) is 6.92 Å². The van der Waals surface area contributed by atoms with Crippen LogP contribution in [0.15, 0.2) is 42.5 Å². The first-order valence-electron chi connectivity index (χ1n) is 10.8. The lowest BCUT2D eigenvalue weighted by atomic mass is 10.1. The summed E-state index contributed by atoms with van der Waals surface area (Å²) in [5.41, 5.74) is 0.629. The maximum atomic E-state index is 13.5. The Hall–Kier alpha value is -2.40. The summed E-state index contributed by atoms with van der Waals surface area (Å²) in [7, 11) is -1.48. The molecule has 0 bridgehead atoms. The highest BCUT2D eigenvalue weighted by Crippen LogP contribution is 2.25. The summed E-state index contributed by atoms with van der Waals surface area (Å²) < 4.78 is 41.4. The van der Waals surface area contributed by atoms with Gasteiger partial charge in [0.05, 0.1) is 5.69 Å². The van der Waals surface area contributed by atoms with Gasteiger partial charge in [-0.15, -0.1) is 0 Å². The normalized spacial score (nSPS) is 12.3. The molecule has 0 radical (unpaired) electrons. The van der Waals surface area contributed by atoms with Crippen LogP contribution >= 0.6 is 23.2 Å². The summed E-state index contributed by atoms with van der Waals surface area (Å²) in [5, 5.41) is 3.45. The SMILES string of the molecule is CCCNC(=O)C(C)N(Cc1ccc(Cl)cc1Cl)C(=O)CN(c1ccc(F)cc1)S(=O)(=O)N(C)C. The summed E-state index contributed by atoms with van der Waals surface area (Å²) in [6.45, 7) is 3.19. The number of carbonyl (C=O) groups excluding carboxylic acids is 2. The molecule has 2 rings (SSSR count). The van der Waals surface area contributed by atoms with Gasteiger partial charge in [0.2, 0.25) is 11.8 Å². The van der Waals surface area contributed by atoms with Crippen molar-refractivity contribution in [2.24, 2.45) is 0 Å². The van der Waals surface area contributed by atoms with Crippen LogP contribution in [0.1, 0.15) is 25.8 Å². The minimum absolute atomic E-state index is 0.0607. The molecule has 0 spiro atoms. The van der Waals surface area contributed by atoms with Crippen LogP contribution in [0.4, 0.5) is 10.1 Å². The third kappa shape index (κ3) is 7.54. The Morgan fingerprint density at radius 1 is 1.09 bits per heavy atom. The van der Waals surface area contributed by atoms with Gasteiger partial charge in [-0.25, -0.2) is 8.70 Å². The number of rotatable bonds is 11. The van der Waals surface area contributed by atoms with Crippen molar-refractivity contribution in [3.63, 3.8) is 0 Å². The standard InChI is InChI=1S/C23H29Cl2FN4O4S/c1-5-12-27-23(32)16(2)29(14-17-6-7-18(24)13-21(17)25)22(31)15-30(35(33,34)28(3)4)20-10-8-19(26)9-11-20/h6-11,13,16H,5,12,14-15H2,1-4H3,(H,27,32). The minimum Gasteiger partial charge on any atom is -0.354 e. The number of nitrogens with zero attached hydrogens (tertiary/aromatic N) is 3. The molecule has 0 saturated heterocycles. The number of amides is 2. The average Bonchev–Trinajstić information content (AvgIpc) is 2.80. The highest BCUT2D eigenvalue weighted by molar-refractivity contribution is 7.90. The zero-order chi connectivity index (χ0) is 26.3. The van der Waals surface area contributed by atoms with Gasteiger partial charge < -0.3 is 10.2 Å². The molecule has 0 aliphatic rings. The molecule has 0 saturated carbocycles. The van der Waals surface area contributed by atoms with Crippen LogP contribution in [0.2, 0.25) is 10.0 Å². The van der Waals surface area contributed by atoms with Gasteiger partial charge in [-0.3, -0.25) is 9.59 Å². The first-order valence-corrected chi connectivity index (χ1v) is 13.0. The van der Waals surface area contributed by atoms with Gasteiger partial charge in [0, 0.05) is 37.2 Å². The average molecular weight is 547 g/mol. The molecule has 8 nitrogen and oxygen atoms in total. The monoisotopic (exact) mass is 546 g/mol. The van der Waals surface area contributed by atoms with Gasteiger partial charge in [0.15, 0.2) is 0 Å². The topological polar surface area (TPSA) is 90.0 Å². The van der Waals surface area contributed by atoms with E-state index in [4.69, 9.17) is 23.2 Å². The Labute approximate surface area is 215 Å². The second kappa shape index (κ2) is 12.5. The van der Waals surface area contributed by atoms with E-state index in [2.05, 4.69) is 5.32 Å². The lowest BCUT2D eigenvalue weighted by Crippen LogP contribution is -2.52. The molecule has 1 N–H and O–H groups in total. The van der Waals surface area contributed by atoms with Crippen LogP contribution in [0.3, 0.4) is 0 Å². The Morgan fingerprint density at radius 2 is 1.71 bits per heavy atom. The highest BCUT2D eigenvalue weighted by Gasteiger charge is 2.32. The van der Waals surface area contributed by atoms with E-state index in [9.17, 15) is 22.4 Å². The van der Waals surface area contributed by atoms with E-state index >= 15 is 0 Å². The number of hydrogen-bond acceptors (Lipinski definition) is 4. The minimum atomic E-state index is -4.13. The summed E-state index contributed by atoms with van der Waals surface area (Å²) in [4.78, 5) is 27.5. The molecule has 0 fully saturated rings. The Balaban J connectivity index is 2.46. The maximum Gasteiger partial charge on any atom is 0.304 e. The van der Waals surface area contributed by atoms with Crippen LogP contribution < -0.4 is 9.62 Å². The molecule has 0 aliphatic carbocycles. The summed E-state index contributed by atoms with van der Waals surface area (Å²) in [5.74, 6) is -1.60. The molecular weight excluding hydrogens is 518 g/mol. The van der Waals surface area contributed by atoms with Gasteiger partial charge >= 0.3 is 10.2 Å². The molecular formula is C23H29Cl2FN4O4S. The van der Waals surface area contributed by atoms with Gasteiger partial charge in [0.25, 0.3) is 0 Å². The van der Waals surface area contributed by atoms with E-state index in [0.29, 0.717) is 28.6 Å². The first kappa shape index (κ1) is 28.8. The van der Waals surface area contributed by atoms with Gasteiger partial charge in [0.1, 0.15) is 18.4 Å². The first-order chi connectivity index (χ1) is 16.4. The van der Waals surface area contributed by atoms with Crippen molar-refractivity contribution >= 4 is 50.9 Å². The number of nitrogens with one attached hydrogen (secondary N) is 1. The van der Waals surface area contributed by atoms with Crippen molar-refractivity contribution < 1.29 is 22.4 Å². The molecule has 2 amide bonds. The quantitative estimate of drug-likeness (QED) is 0.465. The fraction of sp³-hybridized carbons (Fsp3) is 0.391. The van der Waals surface area contributed by atoms with Crippen molar-refractivity contribution in [1.29, 1.82) is 0 Å². The predicted octanol–water partition coefficient (Wildman–Crippen LogP) is 3.69. The molecule has 0 aromatic heterocycles. The smallest absolute Gasteiger partial charge is 0.304 e. The fourth-order valence-corrected chi connectivity index (χ4v) is 4.66. The van der Waals surface area contributed by atoms with Crippen LogP contribution in [0.25, 0.3) is 0 Å². The molecule has 12 heteroatoms. The fourth-order valence-electron chi connectivity index (χ4n) is 3.14. The van der Waals surface area contributed by atoms with Crippen molar-refractivity contribution in [3.05, 3.63) is 63.9 Å². The number of carbonyl (C=O) groups is 2. The van der Waals surface area contributed by atoms with E-state index < -0.39 is 40.4 Å². The second-order valence-corrected chi connectivity index (χ2v) is 10.9. The predicted molar refractivity (Wildman–Crippen MR) is 136 cm³/mol. The Kier molecular flexibility index (Phi) is 10.3. The highest BCUT2D eigenvalue weighted by atomic mass is 35.5. The lowest BCUT2D eigenvalue weighted by molar-refractivity contribution is -0.139. The molecule has 1 unspecified atom stereocenters. The molecule has 2 aromatic carbocycles.